The van der Waals surface area contributed by atoms with E-state index in [9.17, 15) is 17.6 Å². The van der Waals surface area contributed by atoms with Crippen LogP contribution in [0.2, 0.25) is 0 Å². The van der Waals surface area contributed by atoms with Crippen LogP contribution in [0.3, 0.4) is 0 Å². The summed E-state index contributed by atoms with van der Waals surface area (Å²) >= 11 is 0. The fourth-order valence-electron chi connectivity index (χ4n) is 4.96. The molecule has 0 saturated carbocycles. The minimum Gasteiger partial charge on any atom is -0.493 e. The predicted octanol–water partition coefficient (Wildman–Crippen LogP) is 6.61. The number of anilines is 1. The molecule has 0 aliphatic carbocycles. The summed E-state index contributed by atoms with van der Waals surface area (Å²) in [5.74, 6) is -0.467. The van der Waals surface area contributed by atoms with Crippen LogP contribution in [-0.4, -0.2) is 52.3 Å². The highest BCUT2D eigenvalue weighted by atomic mass is 32.2. The molecule has 0 atom stereocenters. The Morgan fingerprint density at radius 3 is 2.20 bits per heavy atom. The van der Waals surface area contributed by atoms with Crippen molar-refractivity contribution in [2.45, 2.75) is 76.8 Å². The summed E-state index contributed by atoms with van der Waals surface area (Å²) in [6, 6.07) is 16.9. The lowest BCUT2D eigenvalue weighted by Gasteiger charge is -2.19. The van der Waals surface area contributed by atoms with Gasteiger partial charge in [-0.05, 0) is 64.8 Å². The second-order valence-electron chi connectivity index (χ2n) is 12.3. The molecule has 1 N–H and O–H groups in total. The van der Waals surface area contributed by atoms with E-state index in [-0.39, 0.29) is 28.3 Å². The van der Waals surface area contributed by atoms with E-state index in [4.69, 9.17) is 14.2 Å². The highest BCUT2D eigenvalue weighted by molar-refractivity contribution is 7.92. The van der Waals surface area contributed by atoms with Crippen LogP contribution in [-0.2, 0) is 49.2 Å². The van der Waals surface area contributed by atoms with Crippen LogP contribution in [0.5, 0.6) is 5.75 Å². The number of sulfonamides is 1. The lowest BCUT2D eigenvalue weighted by molar-refractivity contribution is -0.131. The van der Waals surface area contributed by atoms with Gasteiger partial charge in [0.1, 0.15) is 5.75 Å². The molecule has 0 aromatic heterocycles. The Balaban J connectivity index is 1.26. The fourth-order valence-corrected chi connectivity index (χ4v) is 6.08. The van der Waals surface area contributed by atoms with Crippen LogP contribution in [0.15, 0.2) is 65.6 Å². The molecule has 0 radical (unpaired) electrons. The van der Waals surface area contributed by atoms with Crippen LogP contribution in [0.25, 0.3) is 0 Å². The van der Waals surface area contributed by atoms with Gasteiger partial charge in [0.2, 0.25) is 5.91 Å². The predicted molar refractivity (Wildman–Crippen MR) is 173 cm³/mol. The number of hydrogen-bond acceptors (Lipinski definition) is 6. The molecular formula is C35H45FN2O6S. The Hall–Kier alpha value is -3.47. The van der Waals surface area contributed by atoms with Gasteiger partial charge in [0, 0.05) is 52.0 Å². The quantitative estimate of drug-likeness (QED) is 0.177. The minimum absolute atomic E-state index is 0.00460. The second-order valence-corrected chi connectivity index (χ2v) is 14.0. The largest absolute Gasteiger partial charge is 0.493 e. The lowest BCUT2D eigenvalue weighted by atomic mass is 9.86. The van der Waals surface area contributed by atoms with Gasteiger partial charge >= 0.3 is 0 Å². The topological polar surface area (TPSA) is 94.2 Å². The van der Waals surface area contributed by atoms with Crippen molar-refractivity contribution in [1.29, 1.82) is 0 Å². The molecule has 0 spiro atoms. The first-order chi connectivity index (χ1) is 21.5. The van der Waals surface area contributed by atoms with Gasteiger partial charge in [-0.3, -0.25) is 9.52 Å². The van der Waals surface area contributed by atoms with Crippen molar-refractivity contribution in [2.24, 2.45) is 0 Å². The second kappa shape index (κ2) is 15.7. The Bertz CT molecular complexity index is 1540. The maximum absolute atomic E-state index is 14.8. The van der Waals surface area contributed by atoms with E-state index in [1.54, 1.807) is 17.0 Å². The average Bonchev–Trinajstić information content (AvgIpc) is 3.43. The molecule has 1 aliphatic rings. The number of hydrogen-bond donors (Lipinski definition) is 1. The van der Waals surface area contributed by atoms with Crippen molar-refractivity contribution in [2.75, 3.05) is 37.8 Å². The molecule has 8 nitrogen and oxygen atoms in total. The van der Waals surface area contributed by atoms with E-state index < -0.39 is 15.8 Å². The molecular weight excluding hydrogens is 595 g/mol. The SMILES string of the molecule is CCCOCCCOCCCOc1ccc(NS(=O)(=O)c2ccc3c(c2)CN(C(=O)Cc2ccc(C(C)(C)C)cc2)C3)c(F)c1. The number of ether oxygens (including phenoxy) is 3. The van der Waals surface area contributed by atoms with Crippen molar-refractivity contribution in [3.05, 3.63) is 88.7 Å². The number of nitrogens with zero attached hydrogens (tertiary/aromatic N) is 1. The molecule has 0 fully saturated rings. The number of fused-ring (bicyclic) bond motifs is 1. The number of halogens is 1. The van der Waals surface area contributed by atoms with Gasteiger partial charge < -0.3 is 19.1 Å². The third-order valence-electron chi connectivity index (χ3n) is 7.55. The van der Waals surface area contributed by atoms with Crippen LogP contribution in [0.4, 0.5) is 10.1 Å². The first-order valence-corrected chi connectivity index (χ1v) is 17.0. The van der Waals surface area contributed by atoms with E-state index in [1.165, 1.54) is 23.8 Å². The summed E-state index contributed by atoms with van der Waals surface area (Å²) in [7, 11) is -4.07. The van der Waals surface area contributed by atoms with Gasteiger partial charge in [0.25, 0.3) is 10.0 Å². The Labute approximate surface area is 266 Å². The fraction of sp³-hybridized carbons (Fsp3) is 0.457. The van der Waals surface area contributed by atoms with Crippen molar-refractivity contribution >= 4 is 21.6 Å². The summed E-state index contributed by atoms with van der Waals surface area (Å²) in [6.07, 6.45) is 2.74. The smallest absolute Gasteiger partial charge is 0.261 e. The standard InChI is InChI=1S/C35H45FN2O6S/c1-5-16-42-17-6-18-43-19-7-20-44-30-13-15-33(32(36)23-30)37-45(40,41)31-14-10-27-24-38(25-28(27)22-31)34(39)21-26-8-11-29(12-9-26)35(2,3)4/h8-15,22-23,37H,5-7,16-21,24-25H2,1-4H3. The molecule has 10 heteroatoms. The molecule has 1 heterocycles. The zero-order valence-corrected chi connectivity index (χ0v) is 27.6. The highest BCUT2D eigenvalue weighted by Gasteiger charge is 2.26. The van der Waals surface area contributed by atoms with Crippen LogP contribution in [0.1, 0.15) is 69.2 Å². The average molecular weight is 641 g/mol. The normalized spacial score (nSPS) is 13.1. The molecule has 1 amide bonds. The Morgan fingerprint density at radius 2 is 1.53 bits per heavy atom. The Kier molecular flexibility index (Phi) is 12.0. The zero-order chi connectivity index (χ0) is 32.5. The van der Waals surface area contributed by atoms with Crippen LogP contribution >= 0.6 is 0 Å². The number of amides is 1. The molecule has 45 heavy (non-hydrogen) atoms. The molecule has 3 aromatic rings. The minimum atomic E-state index is -4.07. The lowest BCUT2D eigenvalue weighted by Crippen LogP contribution is -2.26. The van der Waals surface area contributed by atoms with Gasteiger partial charge in [-0.15, -0.1) is 0 Å². The Morgan fingerprint density at radius 1 is 0.867 bits per heavy atom. The third kappa shape index (κ3) is 10.0. The summed E-state index contributed by atoms with van der Waals surface area (Å²) in [6.45, 7) is 12.2. The number of benzene rings is 3. The molecule has 0 bridgehead atoms. The van der Waals surface area contributed by atoms with Crippen molar-refractivity contribution in [3.63, 3.8) is 0 Å². The number of carbonyl (C=O) groups is 1. The molecule has 4 rings (SSSR count). The van der Waals surface area contributed by atoms with Crippen molar-refractivity contribution < 1.29 is 31.8 Å². The van der Waals surface area contributed by atoms with E-state index in [0.717, 1.165) is 42.2 Å². The van der Waals surface area contributed by atoms with Crippen molar-refractivity contribution in [3.8, 4) is 5.75 Å². The highest BCUT2D eigenvalue weighted by Crippen LogP contribution is 2.29. The van der Waals surface area contributed by atoms with Gasteiger partial charge in [0.05, 0.1) is 23.6 Å². The molecule has 0 saturated heterocycles. The maximum atomic E-state index is 14.8. The summed E-state index contributed by atoms with van der Waals surface area (Å²) < 4.78 is 60.0. The number of rotatable bonds is 16. The summed E-state index contributed by atoms with van der Waals surface area (Å²) in [4.78, 5) is 14.8. The summed E-state index contributed by atoms with van der Waals surface area (Å²) in [5.41, 5.74) is 3.65. The van der Waals surface area contributed by atoms with Crippen LogP contribution < -0.4 is 9.46 Å². The van der Waals surface area contributed by atoms with E-state index in [2.05, 4.69) is 44.5 Å². The maximum Gasteiger partial charge on any atom is 0.261 e. The number of nitrogens with one attached hydrogen (secondary N) is 1. The number of carbonyl (C=O) groups excluding carboxylic acids is 1. The van der Waals surface area contributed by atoms with Crippen molar-refractivity contribution in [1.82, 2.24) is 4.90 Å². The van der Waals surface area contributed by atoms with Gasteiger partial charge in [-0.1, -0.05) is 58.0 Å². The van der Waals surface area contributed by atoms with Gasteiger partial charge in [-0.25, -0.2) is 12.8 Å². The van der Waals surface area contributed by atoms with E-state index in [1.807, 2.05) is 12.1 Å². The molecule has 1 aliphatic heterocycles. The third-order valence-corrected chi connectivity index (χ3v) is 8.91. The van der Waals surface area contributed by atoms with Gasteiger partial charge in [0.15, 0.2) is 5.82 Å². The molecule has 0 unspecified atom stereocenters. The monoisotopic (exact) mass is 640 g/mol. The first kappa shape index (κ1) is 34.4. The first-order valence-electron chi connectivity index (χ1n) is 15.6. The van der Waals surface area contributed by atoms with E-state index >= 15 is 0 Å². The van der Waals surface area contributed by atoms with E-state index in [0.29, 0.717) is 51.7 Å². The zero-order valence-electron chi connectivity index (χ0n) is 26.7. The van der Waals surface area contributed by atoms with Gasteiger partial charge in [-0.2, -0.15) is 0 Å². The summed E-state index contributed by atoms with van der Waals surface area (Å²) in [5, 5.41) is 0. The van der Waals surface area contributed by atoms with Crippen LogP contribution in [0, 0.1) is 5.82 Å². The molecule has 244 valence electrons. The molecule has 3 aromatic carbocycles.